The summed E-state index contributed by atoms with van der Waals surface area (Å²) in [7, 11) is 0. The fourth-order valence-corrected chi connectivity index (χ4v) is 1.38. The lowest BCUT2D eigenvalue weighted by atomic mass is 10.3. The highest BCUT2D eigenvalue weighted by molar-refractivity contribution is 5.92. The van der Waals surface area contributed by atoms with Crippen molar-refractivity contribution >= 4 is 11.7 Å². The molecule has 0 atom stereocenters. The Morgan fingerprint density at radius 2 is 1.94 bits per heavy atom. The molecule has 16 heavy (non-hydrogen) atoms. The number of nitrogens with zero attached hydrogens (tertiary/aromatic N) is 3. The van der Waals surface area contributed by atoms with Crippen LogP contribution in [0.25, 0.3) is 0 Å². The Balaban J connectivity index is 2.76. The van der Waals surface area contributed by atoms with Gasteiger partial charge in [0.1, 0.15) is 11.5 Å². The highest BCUT2D eigenvalue weighted by atomic mass is 16.2. The van der Waals surface area contributed by atoms with Gasteiger partial charge >= 0.3 is 0 Å². The van der Waals surface area contributed by atoms with Gasteiger partial charge in [0, 0.05) is 19.6 Å². The van der Waals surface area contributed by atoms with Crippen LogP contribution in [0.15, 0.2) is 12.4 Å². The van der Waals surface area contributed by atoms with Crippen LogP contribution in [0.5, 0.6) is 0 Å². The van der Waals surface area contributed by atoms with Crippen LogP contribution in [-0.4, -0.2) is 40.4 Å². The summed E-state index contributed by atoms with van der Waals surface area (Å²) in [6, 6.07) is 0. The Bertz CT molecular complexity index is 332. The normalized spacial score (nSPS) is 9.94. The lowest BCUT2D eigenvalue weighted by Crippen LogP contribution is -2.31. The van der Waals surface area contributed by atoms with Gasteiger partial charge < -0.3 is 10.2 Å². The predicted molar refractivity (Wildman–Crippen MR) is 63.4 cm³/mol. The molecule has 1 rings (SSSR count). The minimum atomic E-state index is -0.0689. The van der Waals surface area contributed by atoms with E-state index in [4.69, 9.17) is 0 Å². The molecule has 0 aliphatic rings. The highest BCUT2D eigenvalue weighted by Crippen LogP contribution is 2.04. The van der Waals surface area contributed by atoms with Crippen molar-refractivity contribution in [3.8, 4) is 0 Å². The molecule has 0 aliphatic carbocycles. The molecule has 0 fully saturated rings. The van der Waals surface area contributed by atoms with E-state index < -0.39 is 0 Å². The zero-order valence-electron chi connectivity index (χ0n) is 10.0. The number of hydrogen-bond acceptors (Lipinski definition) is 4. The second kappa shape index (κ2) is 6.05. The Morgan fingerprint density at radius 3 is 2.38 bits per heavy atom. The summed E-state index contributed by atoms with van der Waals surface area (Å²) in [6.07, 6.45) is 3.10. The van der Waals surface area contributed by atoms with Crippen LogP contribution in [0.4, 0.5) is 5.82 Å². The molecular formula is C11H18N4O. The fourth-order valence-electron chi connectivity index (χ4n) is 1.38. The summed E-state index contributed by atoms with van der Waals surface area (Å²) in [5.41, 5.74) is 0.394. The molecule has 0 saturated carbocycles. The topological polar surface area (TPSA) is 58.1 Å². The lowest BCUT2D eigenvalue weighted by molar-refractivity contribution is 0.0766. The standard InChI is InChI=1S/C11H18N4O/c1-4-12-10-8-13-9(7-14-10)11(16)15(5-2)6-3/h7-8H,4-6H2,1-3H3,(H,12,14). The number of hydrogen-bond donors (Lipinski definition) is 1. The molecule has 0 unspecified atom stereocenters. The maximum Gasteiger partial charge on any atom is 0.274 e. The second-order valence-corrected chi connectivity index (χ2v) is 3.29. The second-order valence-electron chi connectivity index (χ2n) is 3.29. The van der Waals surface area contributed by atoms with Crippen molar-refractivity contribution in [2.75, 3.05) is 25.0 Å². The minimum Gasteiger partial charge on any atom is -0.369 e. The van der Waals surface area contributed by atoms with Gasteiger partial charge in [-0.1, -0.05) is 0 Å². The summed E-state index contributed by atoms with van der Waals surface area (Å²) in [5.74, 6) is 0.624. The number of amides is 1. The number of anilines is 1. The van der Waals surface area contributed by atoms with E-state index in [1.54, 1.807) is 11.1 Å². The average molecular weight is 222 g/mol. The molecule has 0 saturated heterocycles. The first-order chi connectivity index (χ1) is 7.72. The van der Waals surface area contributed by atoms with Crippen molar-refractivity contribution in [2.24, 2.45) is 0 Å². The molecule has 0 aromatic carbocycles. The van der Waals surface area contributed by atoms with Crippen LogP contribution in [0.1, 0.15) is 31.3 Å². The number of rotatable bonds is 5. The SMILES string of the molecule is CCNc1cnc(C(=O)N(CC)CC)cn1. The monoisotopic (exact) mass is 222 g/mol. The third kappa shape index (κ3) is 2.92. The van der Waals surface area contributed by atoms with E-state index in [-0.39, 0.29) is 5.91 Å². The van der Waals surface area contributed by atoms with Gasteiger partial charge in [-0.25, -0.2) is 9.97 Å². The molecular weight excluding hydrogens is 204 g/mol. The Labute approximate surface area is 95.9 Å². The molecule has 0 radical (unpaired) electrons. The van der Waals surface area contributed by atoms with Gasteiger partial charge in [0.2, 0.25) is 0 Å². The summed E-state index contributed by atoms with van der Waals surface area (Å²) in [5, 5.41) is 3.03. The molecule has 0 aliphatic heterocycles. The van der Waals surface area contributed by atoms with Crippen LogP contribution in [0, 0.1) is 0 Å². The summed E-state index contributed by atoms with van der Waals surface area (Å²) < 4.78 is 0. The average Bonchev–Trinajstić information content (AvgIpc) is 2.32. The minimum absolute atomic E-state index is 0.0689. The number of aromatic nitrogens is 2. The fraction of sp³-hybridized carbons (Fsp3) is 0.545. The summed E-state index contributed by atoms with van der Waals surface area (Å²) in [6.45, 7) is 8.04. The zero-order chi connectivity index (χ0) is 12.0. The van der Waals surface area contributed by atoms with Gasteiger partial charge in [0.15, 0.2) is 0 Å². The molecule has 5 heteroatoms. The molecule has 1 aromatic rings. The molecule has 1 heterocycles. The quantitative estimate of drug-likeness (QED) is 0.818. The van der Waals surface area contributed by atoms with Crippen LogP contribution in [0.2, 0.25) is 0 Å². The van der Waals surface area contributed by atoms with E-state index in [2.05, 4.69) is 15.3 Å². The zero-order valence-corrected chi connectivity index (χ0v) is 10.0. The molecule has 1 N–H and O–H groups in total. The van der Waals surface area contributed by atoms with Gasteiger partial charge in [-0.3, -0.25) is 4.79 Å². The van der Waals surface area contributed by atoms with Crippen LogP contribution >= 0.6 is 0 Å². The number of nitrogens with one attached hydrogen (secondary N) is 1. The van der Waals surface area contributed by atoms with Crippen molar-refractivity contribution in [1.29, 1.82) is 0 Å². The van der Waals surface area contributed by atoms with Crippen LogP contribution in [-0.2, 0) is 0 Å². The first-order valence-electron chi connectivity index (χ1n) is 5.58. The Hall–Kier alpha value is -1.65. The van der Waals surface area contributed by atoms with E-state index in [9.17, 15) is 4.79 Å². The van der Waals surface area contributed by atoms with Crippen LogP contribution in [0.3, 0.4) is 0 Å². The third-order valence-electron chi connectivity index (χ3n) is 2.28. The molecule has 0 spiro atoms. The van der Waals surface area contributed by atoms with Crippen molar-refractivity contribution in [3.05, 3.63) is 18.1 Å². The molecule has 5 nitrogen and oxygen atoms in total. The van der Waals surface area contributed by atoms with Crippen molar-refractivity contribution in [3.63, 3.8) is 0 Å². The highest BCUT2D eigenvalue weighted by Gasteiger charge is 2.13. The number of carbonyl (C=O) groups is 1. The van der Waals surface area contributed by atoms with Crippen molar-refractivity contribution in [1.82, 2.24) is 14.9 Å². The Kier molecular flexibility index (Phi) is 4.69. The first kappa shape index (κ1) is 12.4. The summed E-state index contributed by atoms with van der Waals surface area (Å²) >= 11 is 0. The Morgan fingerprint density at radius 1 is 1.25 bits per heavy atom. The van der Waals surface area contributed by atoms with Crippen LogP contribution < -0.4 is 5.32 Å². The molecule has 0 bridgehead atoms. The van der Waals surface area contributed by atoms with Gasteiger partial charge in [0.25, 0.3) is 5.91 Å². The van der Waals surface area contributed by atoms with Gasteiger partial charge in [0.05, 0.1) is 12.4 Å². The van der Waals surface area contributed by atoms with E-state index in [0.717, 1.165) is 6.54 Å². The van der Waals surface area contributed by atoms with Gasteiger partial charge in [-0.2, -0.15) is 0 Å². The van der Waals surface area contributed by atoms with Crippen molar-refractivity contribution in [2.45, 2.75) is 20.8 Å². The van der Waals surface area contributed by atoms with E-state index >= 15 is 0 Å². The van der Waals surface area contributed by atoms with Crippen molar-refractivity contribution < 1.29 is 4.79 Å². The maximum absolute atomic E-state index is 11.9. The number of carbonyl (C=O) groups excluding carboxylic acids is 1. The predicted octanol–water partition coefficient (Wildman–Crippen LogP) is 1.39. The largest absolute Gasteiger partial charge is 0.369 e. The van der Waals surface area contributed by atoms with Gasteiger partial charge in [-0.15, -0.1) is 0 Å². The third-order valence-corrected chi connectivity index (χ3v) is 2.28. The smallest absolute Gasteiger partial charge is 0.274 e. The van der Waals surface area contributed by atoms with Gasteiger partial charge in [-0.05, 0) is 20.8 Å². The first-order valence-corrected chi connectivity index (χ1v) is 5.58. The maximum atomic E-state index is 11.9. The van der Waals surface area contributed by atoms with E-state index in [1.807, 2.05) is 20.8 Å². The lowest BCUT2D eigenvalue weighted by Gasteiger charge is -2.17. The molecule has 1 aromatic heterocycles. The molecule has 1 amide bonds. The molecule has 88 valence electrons. The van der Waals surface area contributed by atoms with E-state index in [1.165, 1.54) is 6.20 Å². The van der Waals surface area contributed by atoms with E-state index in [0.29, 0.717) is 24.6 Å². The summed E-state index contributed by atoms with van der Waals surface area (Å²) in [4.78, 5) is 21.8.